The Labute approximate surface area is 194 Å². The number of rotatable bonds is 5. The summed E-state index contributed by atoms with van der Waals surface area (Å²) in [5, 5.41) is 0.615. The monoisotopic (exact) mass is 455 g/mol. The lowest BCUT2D eigenvalue weighted by Gasteiger charge is -2.34. The number of nitrogens with zero attached hydrogens (tertiary/aromatic N) is 3. The molecule has 7 heteroatoms. The van der Waals surface area contributed by atoms with Crippen LogP contribution in [0.2, 0.25) is 5.02 Å². The molecule has 4 rings (SSSR count). The fraction of sp³-hybridized carbons (Fsp3) is 0.440. The standard InChI is InChI=1S/C25H30ClN3O3/c1-27(18-21-4-2-3-5-23(21)28-14-16-32-17-15-28)24(30)20-10-12-29(13-11-20)25(31)19-6-8-22(26)9-7-19/h2-9,20H,10-18H2,1H3. The largest absolute Gasteiger partial charge is 0.378 e. The molecule has 0 spiro atoms. The molecule has 170 valence electrons. The first kappa shape index (κ1) is 22.6. The van der Waals surface area contributed by atoms with Gasteiger partial charge in [-0.25, -0.2) is 0 Å². The smallest absolute Gasteiger partial charge is 0.253 e. The number of amides is 2. The topological polar surface area (TPSA) is 53.1 Å². The maximum absolute atomic E-state index is 13.1. The molecule has 0 aromatic heterocycles. The highest BCUT2D eigenvalue weighted by atomic mass is 35.5. The Morgan fingerprint density at radius 2 is 1.66 bits per heavy atom. The SMILES string of the molecule is CN(Cc1ccccc1N1CCOCC1)C(=O)C1CCN(C(=O)c2ccc(Cl)cc2)CC1. The zero-order valence-electron chi connectivity index (χ0n) is 18.5. The van der Waals surface area contributed by atoms with Crippen LogP contribution >= 0.6 is 11.6 Å². The van der Waals surface area contributed by atoms with E-state index in [0.29, 0.717) is 43.1 Å². The van der Waals surface area contributed by atoms with Crippen LogP contribution in [0.5, 0.6) is 0 Å². The van der Waals surface area contributed by atoms with E-state index in [1.54, 1.807) is 24.3 Å². The fourth-order valence-electron chi connectivity index (χ4n) is 4.51. The lowest BCUT2D eigenvalue weighted by Crippen LogP contribution is -2.43. The molecule has 0 aliphatic carbocycles. The van der Waals surface area contributed by atoms with Gasteiger partial charge in [0, 0.05) is 62.0 Å². The predicted molar refractivity (Wildman–Crippen MR) is 126 cm³/mol. The van der Waals surface area contributed by atoms with Gasteiger partial charge < -0.3 is 19.4 Å². The number of morpholine rings is 1. The van der Waals surface area contributed by atoms with Gasteiger partial charge in [-0.05, 0) is 48.7 Å². The summed E-state index contributed by atoms with van der Waals surface area (Å²) < 4.78 is 5.48. The van der Waals surface area contributed by atoms with Crippen LogP contribution < -0.4 is 4.90 Å². The van der Waals surface area contributed by atoms with Gasteiger partial charge in [0.25, 0.3) is 5.91 Å². The van der Waals surface area contributed by atoms with Crippen LogP contribution in [0.4, 0.5) is 5.69 Å². The first-order valence-electron chi connectivity index (χ1n) is 11.2. The first-order valence-corrected chi connectivity index (χ1v) is 11.6. The third-order valence-electron chi connectivity index (χ3n) is 6.35. The number of anilines is 1. The minimum absolute atomic E-state index is 0.000332. The Hall–Kier alpha value is -2.57. The van der Waals surface area contributed by atoms with Crippen molar-refractivity contribution in [3.63, 3.8) is 0 Å². The first-order chi connectivity index (χ1) is 15.5. The molecule has 2 fully saturated rings. The van der Waals surface area contributed by atoms with E-state index in [4.69, 9.17) is 16.3 Å². The van der Waals surface area contributed by atoms with Crippen molar-refractivity contribution in [3.8, 4) is 0 Å². The molecule has 32 heavy (non-hydrogen) atoms. The highest BCUT2D eigenvalue weighted by Gasteiger charge is 2.30. The number of carbonyl (C=O) groups is 2. The van der Waals surface area contributed by atoms with Crippen molar-refractivity contribution in [2.24, 2.45) is 5.92 Å². The van der Waals surface area contributed by atoms with Gasteiger partial charge >= 0.3 is 0 Å². The van der Waals surface area contributed by atoms with Crippen molar-refractivity contribution in [3.05, 3.63) is 64.7 Å². The van der Waals surface area contributed by atoms with Gasteiger partial charge in [-0.2, -0.15) is 0 Å². The number of carbonyl (C=O) groups excluding carboxylic acids is 2. The maximum atomic E-state index is 13.1. The molecule has 6 nitrogen and oxygen atoms in total. The number of hydrogen-bond acceptors (Lipinski definition) is 4. The number of piperidine rings is 1. The zero-order chi connectivity index (χ0) is 22.5. The van der Waals surface area contributed by atoms with Crippen LogP contribution in [0.25, 0.3) is 0 Å². The average molecular weight is 456 g/mol. The third kappa shape index (κ3) is 5.25. The number of benzene rings is 2. The Morgan fingerprint density at radius 1 is 1.00 bits per heavy atom. The highest BCUT2D eigenvalue weighted by molar-refractivity contribution is 6.30. The molecule has 2 saturated heterocycles. The lowest BCUT2D eigenvalue weighted by molar-refractivity contribution is -0.136. The molecule has 0 N–H and O–H groups in total. The summed E-state index contributed by atoms with van der Waals surface area (Å²) in [6.45, 7) is 4.97. The Morgan fingerprint density at radius 3 is 2.34 bits per heavy atom. The number of ether oxygens (including phenoxy) is 1. The fourth-order valence-corrected chi connectivity index (χ4v) is 4.63. The van der Waals surface area contributed by atoms with E-state index in [0.717, 1.165) is 31.9 Å². The van der Waals surface area contributed by atoms with Crippen LogP contribution in [-0.4, -0.2) is 68.1 Å². The summed E-state index contributed by atoms with van der Waals surface area (Å²) in [7, 11) is 1.88. The van der Waals surface area contributed by atoms with Gasteiger partial charge in [0.05, 0.1) is 13.2 Å². The molecule has 2 amide bonds. The molecular weight excluding hydrogens is 426 g/mol. The number of para-hydroxylation sites is 1. The highest BCUT2D eigenvalue weighted by Crippen LogP contribution is 2.25. The van der Waals surface area contributed by atoms with Gasteiger partial charge in [-0.1, -0.05) is 29.8 Å². The molecule has 0 unspecified atom stereocenters. The summed E-state index contributed by atoms with van der Waals surface area (Å²) in [6, 6.07) is 15.3. The van der Waals surface area contributed by atoms with E-state index < -0.39 is 0 Å². The van der Waals surface area contributed by atoms with Crippen molar-refractivity contribution in [2.75, 3.05) is 51.3 Å². The van der Waals surface area contributed by atoms with Gasteiger partial charge in [-0.15, -0.1) is 0 Å². The van der Waals surface area contributed by atoms with E-state index >= 15 is 0 Å². The Balaban J connectivity index is 1.33. The molecule has 2 heterocycles. The van der Waals surface area contributed by atoms with Crippen molar-refractivity contribution in [1.29, 1.82) is 0 Å². The van der Waals surface area contributed by atoms with Gasteiger partial charge in [0.1, 0.15) is 0 Å². The van der Waals surface area contributed by atoms with Gasteiger partial charge in [-0.3, -0.25) is 9.59 Å². The summed E-state index contributed by atoms with van der Waals surface area (Å²) in [5.41, 5.74) is 2.97. The summed E-state index contributed by atoms with van der Waals surface area (Å²) in [6.07, 6.45) is 1.38. The van der Waals surface area contributed by atoms with Gasteiger partial charge in [0.15, 0.2) is 0 Å². The second-order valence-electron chi connectivity index (χ2n) is 8.50. The Bertz CT molecular complexity index is 936. The van der Waals surface area contributed by atoms with Crippen LogP contribution in [-0.2, 0) is 16.1 Å². The molecule has 0 atom stereocenters. The minimum atomic E-state index is -0.0511. The van der Waals surface area contributed by atoms with Crippen LogP contribution in [0.1, 0.15) is 28.8 Å². The molecule has 2 aliphatic rings. The van der Waals surface area contributed by atoms with Crippen LogP contribution in [0.3, 0.4) is 0 Å². The van der Waals surface area contributed by atoms with E-state index in [1.807, 2.05) is 29.0 Å². The van der Waals surface area contributed by atoms with Crippen molar-refractivity contribution in [2.45, 2.75) is 19.4 Å². The van der Waals surface area contributed by atoms with E-state index in [1.165, 1.54) is 5.69 Å². The summed E-state index contributed by atoms with van der Waals surface area (Å²) in [5.74, 6) is 0.102. The van der Waals surface area contributed by atoms with E-state index in [-0.39, 0.29) is 17.7 Å². The zero-order valence-corrected chi connectivity index (χ0v) is 19.3. The maximum Gasteiger partial charge on any atom is 0.253 e. The summed E-state index contributed by atoms with van der Waals surface area (Å²) >= 11 is 5.92. The molecule has 2 aliphatic heterocycles. The van der Waals surface area contributed by atoms with Crippen LogP contribution in [0, 0.1) is 5.92 Å². The van der Waals surface area contributed by atoms with Crippen molar-refractivity contribution < 1.29 is 14.3 Å². The minimum Gasteiger partial charge on any atom is -0.378 e. The normalized spacial score (nSPS) is 17.3. The molecule has 0 bridgehead atoms. The molecular formula is C25H30ClN3O3. The number of halogens is 1. The number of hydrogen-bond donors (Lipinski definition) is 0. The second kappa shape index (κ2) is 10.4. The quantitative estimate of drug-likeness (QED) is 0.690. The second-order valence-corrected chi connectivity index (χ2v) is 8.93. The van der Waals surface area contributed by atoms with Gasteiger partial charge in [0.2, 0.25) is 5.91 Å². The van der Waals surface area contributed by atoms with E-state index in [9.17, 15) is 9.59 Å². The predicted octanol–water partition coefficient (Wildman–Crippen LogP) is 3.69. The van der Waals surface area contributed by atoms with Crippen molar-refractivity contribution in [1.82, 2.24) is 9.80 Å². The molecule has 0 saturated carbocycles. The molecule has 0 radical (unpaired) electrons. The van der Waals surface area contributed by atoms with E-state index in [2.05, 4.69) is 17.0 Å². The third-order valence-corrected chi connectivity index (χ3v) is 6.60. The Kier molecular flexibility index (Phi) is 7.33. The lowest BCUT2D eigenvalue weighted by atomic mass is 9.94. The average Bonchev–Trinajstić information content (AvgIpc) is 2.84. The summed E-state index contributed by atoms with van der Waals surface area (Å²) in [4.78, 5) is 31.9. The van der Waals surface area contributed by atoms with Crippen molar-refractivity contribution >= 4 is 29.1 Å². The number of likely N-dealkylation sites (tertiary alicyclic amines) is 1. The molecule has 2 aromatic carbocycles. The molecule has 2 aromatic rings. The van der Waals surface area contributed by atoms with Crippen LogP contribution in [0.15, 0.2) is 48.5 Å².